The fourth-order valence-corrected chi connectivity index (χ4v) is 8.52. The van der Waals surface area contributed by atoms with Gasteiger partial charge in [0.05, 0.1) is 12.2 Å². The minimum atomic E-state index is -0.315. The van der Waals surface area contributed by atoms with Crippen LogP contribution < -0.4 is 5.32 Å². The van der Waals surface area contributed by atoms with Crippen LogP contribution >= 0.6 is 0 Å². The van der Waals surface area contributed by atoms with Gasteiger partial charge in [-0.3, -0.25) is 4.79 Å². The number of amides is 1. The topological polar surface area (TPSA) is 69.6 Å². The molecule has 0 saturated heterocycles. The number of hydrogen-bond acceptors (Lipinski definition) is 3. The largest absolute Gasteiger partial charge is 0.393 e. The van der Waals surface area contributed by atoms with E-state index < -0.39 is 0 Å². The third-order valence-corrected chi connectivity index (χ3v) is 9.82. The van der Waals surface area contributed by atoms with Crippen molar-refractivity contribution >= 4 is 5.91 Å². The molecular weight excluding hydrogens is 338 g/mol. The number of rotatable bonds is 2. The van der Waals surface area contributed by atoms with E-state index in [1.165, 1.54) is 19.3 Å². The summed E-state index contributed by atoms with van der Waals surface area (Å²) in [4.78, 5) is 12.1. The van der Waals surface area contributed by atoms with E-state index in [0.717, 1.165) is 32.1 Å². The molecule has 0 radical (unpaired) electrons. The molecule has 27 heavy (non-hydrogen) atoms. The van der Waals surface area contributed by atoms with Gasteiger partial charge in [0.25, 0.3) is 0 Å². The number of aliphatic hydroxyl groups is 2. The van der Waals surface area contributed by atoms with Crippen molar-refractivity contribution in [3.8, 4) is 0 Å². The maximum Gasteiger partial charge on any atom is 0.217 e. The average molecular weight is 378 g/mol. The highest BCUT2D eigenvalue weighted by Crippen LogP contribution is 2.67. The molecule has 0 heterocycles. The van der Waals surface area contributed by atoms with Gasteiger partial charge >= 0.3 is 0 Å². The maximum atomic E-state index is 12.1. The zero-order valence-electron chi connectivity index (χ0n) is 17.6. The lowest BCUT2D eigenvalue weighted by Crippen LogP contribution is -2.63. The maximum absolute atomic E-state index is 12.1. The first-order valence-electron chi connectivity index (χ1n) is 11.3. The molecule has 4 aliphatic carbocycles. The molecule has 0 aromatic carbocycles. The van der Waals surface area contributed by atoms with E-state index >= 15 is 0 Å². The normalized spacial score (nSPS) is 53.0. The second-order valence-electron chi connectivity index (χ2n) is 10.9. The Morgan fingerprint density at radius 2 is 1.81 bits per heavy atom. The summed E-state index contributed by atoms with van der Waals surface area (Å²) < 4.78 is 0. The smallest absolute Gasteiger partial charge is 0.217 e. The first-order valence-corrected chi connectivity index (χ1v) is 11.3. The summed E-state index contributed by atoms with van der Waals surface area (Å²) in [5, 5.41) is 24.1. The summed E-state index contributed by atoms with van der Waals surface area (Å²) in [5.74, 6) is 2.90. The molecule has 4 heteroatoms. The van der Waals surface area contributed by atoms with Crippen molar-refractivity contribution in [2.75, 3.05) is 0 Å². The fraction of sp³-hybridized carbons (Fsp3) is 0.957. The molecular formula is C23H39NO3. The van der Waals surface area contributed by atoms with Gasteiger partial charge in [0.15, 0.2) is 0 Å². The molecule has 3 N–H and O–H groups in total. The van der Waals surface area contributed by atoms with E-state index in [9.17, 15) is 15.0 Å². The Morgan fingerprint density at radius 1 is 1.07 bits per heavy atom. The first kappa shape index (κ1) is 19.7. The van der Waals surface area contributed by atoms with Crippen molar-refractivity contribution in [2.45, 2.75) is 97.3 Å². The van der Waals surface area contributed by atoms with Gasteiger partial charge < -0.3 is 15.5 Å². The number of fused-ring (bicyclic) bond motifs is 5. The van der Waals surface area contributed by atoms with E-state index in [1.807, 2.05) is 6.92 Å². The summed E-state index contributed by atoms with van der Waals surface area (Å²) in [6.07, 6.45) is 8.39. The molecule has 10 unspecified atom stereocenters. The molecule has 0 aromatic heterocycles. The molecule has 0 bridgehead atoms. The van der Waals surface area contributed by atoms with Gasteiger partial charge in [0, 0.05) is 13.0 Å². The van der Waals surface area contributed by atoms with Gasteiger partial charge in [0.2, 0.25) is 5.91 Å². The van der Waals surface area contributed by atoms with E-state index in [4.69, 9.17) is 0 Å². The Hall–Kier alpha value is -0.610. The van der Waals surface area contributed by atoms with Crippen molar-refractivity contribution in [2.24, 2.45) is 40.4 Å². The molecule has 10 atom stereocenters. The van der Waals surface area contributed by atoms with Gasteiger partial charge in [-0.05, 0) is 98.7 Å². The van der Waals surface area contributed by atoms with Crippen LogP contribution in [0.5, 0.6) is 0 Å². The number of hydrogen-bond donors (Lipinski definition) is 3. The zero-order chi connectivity index (χ0) is 19.6. The van der Waals surface area contributed by atoms with Crippen LogP contribution in [0.15, 0.2) is 0 Å². The third kappa shape index (κ3) is 2.88. The third-order valence-electron chi connectivity index (χ3n) is 9.82. The van der Waals surface area contributed by atoms with Crippen LogP contribution in [0.4, 0.5) is 0 Å². The number of aliphatic hydroxyl groups excluding tert-OH is 2. The van der Waals surface area contributed by atoms with Gasteiger partial charge in [-0.15, -0.1) is 0 Å². The molecule has 154 valence electrons. The summed E-state index contributed by atoms with van der Waals surface area (Å²) >= 11 is 0. The van der Waals surface area contributed by atoms with E-state index in [0.29, 0.717) is 29.1 Å². The lowest BCUT2D eigenvalue weighted by Gasteiger charge is -2.63. The van der Waals surface area contributed by atoms with Crippen LogP contribution in [0.1, 0.15) is 79.1 Å². The standard InChI is InChI=1S/C23H39NO3/c1-13(25)18-7-8-19-17-6-5-15-11-16(27)9-10-22(15,3)20(17)12-21(23(18,19)4)24-14(2)26/h13,15-21,25,27H,5-12H2,1-4H3,(H,24,26). The van der Waals surface area contributed by atoms with Gasteiger partial charge in [-0.1, -0.05) is 13.8 Å². The Kier molecular flexibility index (Phi) is 4.91. The van der Waals surface area contributed by atoms with Crippen molar-refractivity contribution in [3.05, 3.63) is 0 Å². The number of carbonyl (C=O) groups is 1. The monoisotopic (exact) mass is 377 g/mol. The van der Waals surface area contributed by atoms with Crippen molar-refractivity contribution < 1.29 is 15.0 Å². The zero-order valence-corrected chi connectivity index (χ0v) is 17.6. The van der Waals surface area contributed by atoms with Gasteiger partial charge in [-0.25, -0.2) is 0 Å². The predicted molar refractivity (Wildman–Crippen MR) is 106 cm³/mol. The molecule has 4 fully saturated rings. The lowest BCUT2D eigenvalue weighted by atomic mass is 9.43. The van der Waals surface area contributed by atoms with E-state index in [2.05, 4.69) is 19.2 Å². The minimum Gasteiger partial charge on any atom is -0.393 e. The quantitative estimate of drug-likeness (QED) is 0.690. The molecule has 0 spiro atoms. The Morgan fingerprint density at radius 3 is 2.48 bits per heavy atom. The Labute approximate surface area is 164 Å². The van der Waals surface area contributed by atoms with E-state index in [-0.39, 0.29) is 35.5 Å². The van der Waals surface area contributed by atoms with Gasteiger partial charge in [0.1, 0.15) is 0 Å². The highest BCUT2D eigenvalue weighted by atomic mass is 16.3. The highest BCUT2D eigenvalue weighted by molar-refractivity contribution is 5.73. The summed E-state index contributed by atoms with van der Waals surface area (Å²) in [6, 6.07) is 0.158. The molecule has 0 aliphatic heterocycles. The van der Waals surface area contributed by atoms with Crippen LogP contribution in [-0.2, 0) is 4.79 Å². The van der Waals surface area contributed by atoms with Crippen LogP contribution in [0.25, 0.3) is 0 Å². The van der Waals surface area contributed by atoms with E-state index in [1.54, 1.807) is 6.92 Å². The fourth-order valence-electron chi connectivity index (χ4n) is 8.52. The van der Waals surface area contributed by atoms with Crippen LogP contribution in [0.2, 0.25) is 0 Å². The predicted octanol–water partition coefficient (Wildman–Crippen LogP) is 3.50. The van der Waals surface area contributed by atoms with Gasteiger partial charge in [-0.2, -0.15) is 0 Å². The molecule has 4 nitrogen and oxygen atoms in total. The molecule has 4 rings (SSSR count). The molecule has 4 saturated carbocycles. The Balaban J connectivity index is 1.70. The van der Waals surface area contributed by atoms with Crippen molar-refractivity contribution in [1.82, 2.24) is 5.32 Å². The number of carbonyl (C=O) groups excluding carboxylic acids is 1. The summed E-state index contributed by atoms with van der Waals surface area (Å²) in [5.41, 5.74) is 0.293. The minimum absolute atomic E-state index is 0.00161. The van der Waals surface area contributed by atoms with Crippen molar-refractivity contribution in [3.63, 3.8) is 0 Å². The van der Waals surface area contributed by atoms with Crippen molar-refractivity contribution in [1.29, 1.82) is 0 Å². The average Bonchev–Trinajstić information content (AvgIpc) is 2.95. The lowest BCUT2D eigenvalue weighted by molar-refractivity contribution is -0.149. The van der Waals surface area contributed by atoms with Crippen LogP contribution in [0.3, 0.4) is 0 Å². The van der Waals surface area contributed by atoms with Crippen LogP contribution in [0, 0.1) is 40.4 Å². The summed E-state index contributed by atoms with van der Waals surface area (Å²) in [7, 11) is 0. The SMILES string of the molecule is CC(=O)NC1CC2C(CCC3CC(O)CCC32C)C2CCC(C(C)O)C12C. The highest BCUT2D eigenvalue weighted by Gasteiger charge is 2.64. The van der Waals surface area contributed by atoms with Crippen LogP contribution in [-0.4, -0.2) is 34.4 Å². The number of nitrogens with one attached hydrogen (secondary N) is 1. The molecule has 1 amide bonds. The Bertz CT molecular complexity index is 592. The second-order valence-corrected chi connectivity index (χ2v) is 10.9. The first-order chi connectivity index (χ1) is 12.7. The summed E-state index contributed by atoms with van der Waals surface area (Å²) in [6.45, 7) is 8.42. The molecule has 0 aromatic rings. The second kappa shape index (κ2) is 6.73. The molecule has 4 aliphatic rings.